The van der Waals surface area contributed by atoms with Crippen LogP contribution in [0.15, 0.2) is 29.2 Å². The number of carboxylic acids is 1. The third kappa shape index (κ3) is 9.58. The van der Waals surface area contributed by atoms with Gasteiger partial charge in [0.15, 0.2) is 0 Å². The molecule has 0 fully saturated rings. The van der Waals surface area contributed by atoms with Crippen LogP contribution >= 0.6 is 0 Å². The summed E-state index contributed by atoms with van der Waals surface area (Å²) in [5, 5.41) is 10.2. The first-order valence-electron chi connectivity index (χ1n) is 7.16. The van der Waals surface area contributed by atoms with Crippen LogP contribution in [0.4, 0.5) is 0 Å². The van der Waals surface area contributed by atoms with Gasteiger partial charge in [-0.2, -0.15) is 8.42 Å². The molecular formula is C15H21NaO5S. The molecule has 0 heterocycles. The Labute approximate surface area is 154 Å². The van der Waals surface area contributed by atoms with Crippen LogP contribution < -0.4 is 34.7 Å². The van der Waals surface area contributed by atoms with E-state index in [1.54, 1.807) is 12.1 Å². The molecular weight excluding hydrogens is 315 g/mol. The summed E-state index contributed by atoms with van der Waals surface area (Å²) in [6, 6.07) is 6.24. The van der Waals surface area contributed by atoms with Gasteiger partial charge < -0.3 is 9.90 Å². The molecule has 0 unspecified atom stereocenters. The number of hydrogen-bond acceptors (Lipinski definition) is 4. The van der Waals surface area contributed by atoms with E-state index in [0.29, 0.717) is 6.42 Å². The van der Waals surface area contributed by atoms with Crippen molar-refractivity contribution in [2.24, 2.45) is 0 Å². The number of aryl methyl sites for hydroxylation is 1. The average molecular weight is 336 g/mol. The summed E-state index contributed by atoms with van der Waals surface area (Å²) in [6.45, 7) is 0. The Hall–Kier alpha value is -0.400. The molecule has 0 saturated heterocycles. The van der Waals surface area contributed by atoms with Crippen molar-refractivity contribution >= 4 is 16.1 Å². The van der Waals surface area contributed by atoms with E-state index >= 15 is 0 Å². The van der Waals surface area contributed by atoms with E-state index in [0.717, 1.165) is 44.1 Å². The molecule has 0 aliphatic carbocycles. The number of aliphatic carboxylic acids is 1. The van der Waals surface area contributed by atoms with Crippen molar-refractivity contribution in [2.75, 3.05) is 0 Å². The number of benzene rings is 1. The van der Waals surface area contributed by atoms with E-state index < -0.39 is 16.1 Å². The van der Waals surface area contributed by atoms with E-state index in [9.17, 15) is 18.3 Å². The topological polar surface area (TPSA) is 94.5 Å². The molecule has 0 spiro atoms. The Kier molecular flexibility index (Phi) is 11.0. The molecule has 0 aliphatic heterocycles. The first kappa shape index (κ1) is 21.6. The van der Waals surface area contributed by atoms with Gasteiger partial charge in [0.05, 0.1) is 4.90 Å². The zero-order valence-electron chi connectivity index (χ0n) is 13.0. The predicted octanol–water partition coefficient (Wildman–Crippen LogP) is -1.04. The molecule has 22 heavy (non-hydrogen) atoms. The van der Waals surface area contributed by atoms with E-state index in [1.165, 1.54) is 12.1 Å². The molecule has 1 N–H and O–H groups in total. The summed E-state index contributed by atoms with van der Waals surface area (Å²) in [7, 11) is -4.11. The van der Waals surface area contributed by atoms with Crippen molar-refractivity contribution in [1.29, 1.82) is 0 Å². The minimum absolute atomic E-state index is 0. The SMILES string of the molecule is O=C([O-])CCCCCCCCc1ccc(S(=O)(=O)O)cc1.[Na+]. The van der Waals surface area contributed by atoms with Gasteiger partial charge in [-0.1, -0.05) is 37.8 Å². The maximum atomic E-state index is 10.9. The van der Waals surface area contributed by atoms with Crippen LogP contribution in [0.5, 0.6) is 0 Å². The largest absolute Gasteiger partial charge is 1.00 e. The average Bonchev–Trinajstić information content (AvgIpc) is 2.41. The van der Waals surface area contributed by atoms with E-state index in [1.807, 2.05) is 0 Å². The van der Waals surface area contributed by atoms with Gasteiger partial charge in [0, 0.05) is 5.97 Å². The zero-order chi connectivity index (χ0) is 15.7. The van der Waals surface area contributed by atoms with Crippen LogP contribution in [0.3, 0.4) is 0 Å². The van der Waals surface area contributed by atoms with Gasteiger partial charge in [-0.25, -0.2) is 0 Å². The molecule has 0 aromatic heterocycles. The van der Waals surface area contributed by atoms with Gasteiger partial charge in [0.25, 0.3) is 10.1 Å². The fourth-order valence-corrected chi connectivity index (χ4v) is 2.61. The Balaban J connectivity index is 0.00000441. The van der Waals surface area contributed by atoms with Gasteiger partial charge in [-0.15, -0.1) is 0 Å². The van der Waals surface area contributed by atoms with Gasteiger partial charge in [0.1, 0.15) is 0 Å². The summed E-state index contributed by atoms with van der Waals surface area (Å²) in [4.78, 5) is 10.1. The molecule has 0 radical (unpaired) electrons. The Morgan fingerprint density at radius 3 is 1.95 bits per heavy atom. The van der Waals surface area contributed by atoms with Gasteiger partial charge in [-0.05, 0) is 43.4 Å². The number of carbonyl (C=O) groups excluding carboxylic acids is 1. The monoisotopic (exact) mass is 336 g/mol. The fourth-order valence-electron chi connectivity index (χ4n) is 2.13. The van der Waals surface area contributed by atoms with Gasteiger partial charge in [-0.3, -0.25) is 4.55 Å². The summed E-state index contributed by atoms with van der Waals surface area (Å²) < 4.78 is 30.6. The normalized spacial score (nSPS) is 11.0. The number of carboxylic acid groups (broad SMARTS) is 1. The molecule has 1 rings (SSSR count). The summed E-state index contributed by atoms with van der Waals surface area (Å²) in [5.41, 5.74) is 1.04. The second-order valence-corrected chi connectivity index (χ2v) is 6.53. The number of rotatable bonds is 10. The molecule has 0 atom stereocenters. The van der Waals surface area contributed by atoms with Crippen molar-refractivity contribution in [3.05, 3.63) is 29.8 Å². The number of carbonyl (C=O) groups is 1. The van der Waals surface area contributed by atoms with E-state index in [4.69, 9.17) is 4.55 Å². The van der Waals surface area contributed by atoms with Crippen molar-refractivity contribution in [3.63, 3.8) is 0 Å². The molecule has 5 nitrogen and oxygen atoms in total. The van der Waals surface area contributed by atoms with Crippen LogP contribution in [-0.4, -0.2) is 18.9 Å². The molecule has 0 bridgehead atoms. The minimum Gasteiger partial charge on any atom is -0.550 e. The van der Waals surface area contributed by atoms with Crippen LogP contribution in [-0.2, 0) is 21.3 Å². The van der Waals surface area contributed by atoms with Crippen molar-refractivity contribution in [3.8, 4) is 0 Å². The second kappa shape index (κ2) is 11.2. The minimum atomic E-state index is -4.11. The molecule has 0 aliphatic rings. The molecule has 118 valence electrons. The number of hydrogen-bond donors (Lipinski definition) is 1. The Bertz CT molecular complexity index is 540. The maximum absolute atomic E-state index is 10.9. The summed E-state index contributed by atoms with van der Waals surface area (Å²) in [5.74, 6) is -0.983. The molecule has 0 saturated carbocycles. The van der Waals surface area contributed by atoms with Crippen LogP contribution in [0, 0.1) is 0 Å². The third-order valence-corrected chi connectivity index (χ3v) is 4.19. The first-order chi connectivity index (χ1) is 9.89. The van der Waals surface area contributed by atoms with Crippen molar-refractivity contribution in [1.82, 2.24) is 0 Å². The summed E-state index contributed by atoms with van der Waals surface area (Å²) in [6.07, 6.45) is 6.75. The molecule has 0 amide bonds. The summed E-state index contributed by atoms with van der Waals surface area (Å²) >= 11 is 0. The van der Waals surface area contributed by atoms with E-state index in [2.05, 4.69) is 0 Å². The van der Waals surface area contributed by atoms with Crippen LogP contribution in [0.1, 0.15) is 50.5 Å². The number of unbranched alkanes of at least 4 members (excludes halogenated alkanes) is 5. The second-order valence-electron chi connectivity index (χ2n) is 5.11. The zero-order valence-corrected chi connectivity index (χ0v) is 15.8. The first-order valence-corrected chi connectivity index (χ1v) is 8.60. The standard InChI is InChI=1S/C15H22O5S.Na/c16-15(17)8-6-4-2-1-3-5-7-13-9-11-14(12-10-13)21(18,19)20;/h9-12H,1-8H2,(H,16,17)(H,18,19,20);/q;+1/p-1. The third-order valence-electron chi connectivity index (χ3n) is 3.32. The van der Waals surface area contributed by atoms with Gasteiger partial charge in [0.2, 0.25) is 0 Å². The van der Waals surface area contributed by atoms with Crippen LogP contribution in [0.25, 0.3) is 0 Å². The maximum Gasteiger partial charge on any atom is 1.00 e. The smallest absolute Gasteiger partial charge is 0.550 e. The van der Waals surface area contributed by atoms with Crippen LogP contribution in [0.2, 0.25) is 0 Å². The van der Waals surface area contributed by atoms with Crippen molar-refractivity contribution < 1.29 is 52.4 Å². The molecule has 1 aromatic carbocycles. The molecule has 1 aromatic rings. The quantitative estimate of drug-likeness (QED) is 0.335. The fraction of sp³-hybridized carbons (Fsp3) is 0.533. The Morgan fingerprint density at radius 1 is 0.955 bits per heavy atom. The van der Waals surface area contributed by atoms with Crippen molar-refractivity contribution in [2.45, 2.75) is 56.3 Å². The Morgan fingerprint density at radius 2 is 1.45 bits per heavy atom. The van der Waals surface area contributed by atoms with E-state index in [-0.39, 0.29) is 40.9 Å². The predicted molar refractivity (Wildman–Crippen MR) is 77.3 cm³/mol. The molecule has 7 heteroatoms. The van der Waals surface area contributed by atoms with Gasteiger partial charge >= 0.3 is 29.6 Å².